The van der Waals surface area contributed by atoms with E-state index in [0.29, 0.717) is 20.6 Å². The summed E-state index contributed by atoms with van der Waals surface area (Å²) >= 11 is 7.33. The summed E-state index contributed by atoms with van der Waals surface area (Å²) in [6.45, 7) is 1.57. The van der Waals surface area contributed by atoms with Crippen molar-refractivity contribution in [2.75, 3.05) is 0 Å². The first kappa shape index (κ1) is 18.8. The minimum atomic E-state index is -4.40. The van der Waals surface area contributed by atoms with Crippen LogP contribution in [-0.4, -0.2) is 15.6 Å². The van der Waals surface area contributed by atoms with E-state index in [1.54, 1.807) is 23.6 Å². The second kappa shape index (κ2) is 6.53. The van der Waals surface area contributed by atoms with Gasteiger partial charge >= 0.3 is 12.1 Å². The van der Waals surface area contributed by atoms with Gasteiger partial charge in [0.2, 0.25) is 0 Å². The molecule has 0 bridgehead atoms. The summed E-state index contributed by atoms with van der Waals surface area (Å²) in [5.41, 5.74) is 2.29. The molecule has 0 aliphatic rings. The molecule has 4 aromatic rings. The molecular formula is C20H13ClF3NO2S. The molecule has 2 aromatic heterocycles. The van der Waals surface area contributed by atoms with E-state index >= 15 is 0 Å². The van der Waals surface area contributed by atoms with Gasteiger partial charge in [0.15, 0.2) is 0 Å². The molecule has 0 saturated carbocycles. The van der Waals surface area contributed by atoms with Gasteiger partial charge in [0.05, 0.1) is 11.1 Å². The van der Waals surface area contributed by atoms with E-state index in [1.165, 1.54) is 17.4 Å². The molecular weight excluding hydrogens is 411 g/mol. The van der Waals surface area contributed by atoms with Crippen molar-refractivity contribution in [3.05, 3.63) is 58.1 Å². The number of benzene rings is 2. The van der Waals surface area contributed by atoms with Crippen molar-refractivity contribution in [1.82, 2.24) is 4.57 Å². The largest absolute Gasteiger partial charge is 0.480 e. The smallest absolute Gasteiger partial charge is 0.416 e. The average Bonchev–Trinajstić information content (AvgIpc) is 3.13. The lowest BCUT2D eigenvalue weighted by atomic mass is 10.0. The lowest BCUT2D eigenvalue weighted by molar-refractivity contribution is -0.138. The van der Waals surface area contributed by atoms with Gasteiger partial charge < -0.3 is 9.67 Å². The minimum Gasteiger partial charge on any atom is -0.480 e. The Bertz CT molecular complexity index is 1240. The van der Waals surface area contributed by atoms with E-state index in [0.717, 1.165) is 34.3 Å². The maximum Gasteiger partial charge on any atom is 0.416 e. The summed E-state index contributed by atoms with van der Waals surface area (Å²) in [5.74, 6) is -0.989. The summed E-state index contributed by atoms with van der Waals surface area (Å²) in [6, 6.07) is 8.92. The molecule has 0 atom stereocenters. The van der Waals surface area contributed by atoms with Crippen molar-refractivity contribution in [1.29, 1.82) is 0 Å². The van der Waals surface area contributed by atoms with Crippen molar-refractivity contribution < 1.29 is 23.1 Å². The first-order valence-electron chi connectivity index (χ1n) is 8.26. The quantitative estimate of drug-likeness (QED) is 0.404. The van der Waals surface area contributed by atoms with Gasteiger partial charge in [-0.1, -0.05) is 23.7 Å². The van der Waals surface area contributed by atoms with Gasteiger partial charge in [0.25, 0.3) is 0 Å². The van der Waals surface area contributed by atoms with Crippen LogP contribution in [0.25, 0.3) is 32.1 Å². The zero-order valence-electron chi connectivity index (χ0n) is 14.5. The number of halogens is 4. The highest BCUT2D eigenvalue weighted by molar-refractivity contribution is 7.17. The number of aromatic nitrogens is 1. The Morgan fingerprint density at radius 1 is 1.18 bits per heavy atom. The maximum absolute atomic E-state index is 13.0. The maximum atomic E-state index is 13.0. The van der Waals surface area contributed by atoms with Crippen molar-refractivity contribution in [3.63, 3.8) is 0 Å². The van der Waals surface area contributed by atoms with Gasteiger partial charge in [-0.15, -0.1) is 11.3 Å². The SMILES string of the molecule is Cc1c(-c2csc3cc(C(F)(F)F)ccc23)c2ccc(Cl)cc2n1CC(=O)O. The third-order valence-corrected chi connectivity index (χ3v) is 5.93. The van der Waals surface area contributed by atoms with Crippen LogP contribution >= 0.6 is 22.9 Å². The van der Waals surface area contributed by atoms with Gasteiger partial charge in [0.1, 0.15) is 6.54 Å². The molecule has 0 amide bonds. The third kappa shape index (κ3) is 3.04. The summed E-state index contributed by atoms with van der Waals surface area (Å²) in [4.78, 5) is 11.3. The second-order valence-electron chi connectivity index (χ2n) is 6.46. The molecule has 2 aromatic carbocycles. The van der Waals surface area contributed by atoms with Crippen molar-refractivity contribution in [3.8, 4) is 11.1 Å². The Hall–Kier alpha value is -2.51. The van der Waals surface area contributed by atoms with Crippen LogP contribution in [0.1, 0.15) is 11.3 Å². The molecule has 0 fully saturated rings. The fraction of sp³-hybridized carbons (Fsp3) is 0.150. The van der Waals surface area contributed by atoms with Crippen LogP contribution in [0.15, 0.2) is 41.8 Å². The van der Waals surface area contributed by atoms with Crippen molar-refractivity contribution in [2.24, 2.45) is 0 Å². The summed E-state index contributed by atoms with van der Waals surface area (Å²) in [5, 5.41) is 13.1. The van der Waals surface area contributed by atoms with Gasteiger partial charge in [-0.05, 0) is 36.6 Å². The highest BCUT2D eigenvalue weighted by Gasteiger charge is 2.31. The van der Waals surface area contributed by atoms with Crippen LogP contribution in [0.5, 0.6) is 0 Å². The van der Waals surface area contributed by atoms with Gasteiger partial charge in [-0.25, -0.2) is 0 Å². The molecule has 0 unspecified atom stereocenters. The normalized spacial score (nSPS) is 12.2. The highest BCUT2D eigenvalue weighted by Crippen LogP contribution is 2.43. The number of carbonyl (C=O) groups is 1. The molecule has 4 rings (SSSR count). The van der Waals surface area contributed by atoms with Gasteiger partial charge in [-0.2, -0.15) is 13.2 Å². The fourth-order valence-electron chi connectivity index (χ4n) is 3.53. The van der Waals surface area contributed by atoms with E-state index < -0.39 is 17.7 Å². The Morgan fingerprint density at radius 3 is 2.57 bits per heavy atom. The summed E-state index contributed by atoms with van der Waals surface area (Å²) < 4.78 is 41.2. The first-order valence-corrected chi connectivity index (χ1v) is 9.51. The van der Waals surface area contributed by atoms with E-state index in [1.807, 2.05) is 11.4 Å². The molecule has 0 aliphatic heterocycles. The molecule has 144 valence electrons. The molecule has 0 saturated heterocycles. The third-order valence-electron chi connectivity index (χ3n) is 4.75. The zero-order valence-corrected chi connectivity index (χ0v) is 16.0. The van der Waals surface area contributed by atoms with E-state index in [4.69, 9.17) is 11.6 Å². The molecule has 0 radical (unpaired) electrons. The molecule has 0 aliphatic carbocycles. The lowest BCUT2D eigenvalue weighted by Gasteiger charge is -2.07. The van der Waals surface area contributed by atoms with Crippen LogP contribution in [-0.2, 0) is 17.5 Å². The monoisotopic (exact) mass is 423 g/mol. The van der Waals surface area contributed by atoms with Gasteiger partial charge in [0, 0.05) is 37.3 Å². The highest BCUT2D eigenvalue weighted by atomic mass is 35.5. The molecule has 0 spiro atoms. The predicted molar refractivity (Wildman–Crippen MR) is 105 cm³/mol. The van der Waals surface area contributed by atoms with E-state index in [-0.39, 0.29) is 6.54 Å². The Morgan fingerprint density at radius 2 is 1.89 bits per heavy atom. The van der Waals surface area contributed by atoms with Crippen LogP contribution in [0.3, 0.4) is 0 Å². The molecule has 3 nitrogen and oxygen atoms in total. The lowest BCUT2D eigenvalue weighted by Crippen LogP contribution is -2.09. The second-order valence-corrected chi connectivity index (χ2v) is 7.81. The Labute approximate surface area is 166 Å². The average molecular weight is 424 g/mol. The summed E-state index contributed by atoms with van der Waals surface area (Å²) in [7, 11) is 0. The number of hydrogen-bond donors (Lipinski definition) is 1. The molecule has 1 N–H and O–H groups in total. The standard InChI is InChI=1S/C20H13ClF3NO2S/c1-10-19(14-5-3-12(21)7-16(14)25(10)8-18(26)27)15-9-28-17-6-11(20(22,23)24)2-4-13(15)17/h2-7,9H,8H2,1H3,(H,26,27). The van der Waals surface area contributed by atoms with Gasteiger partial charge in [-0.3, -0.25) is 4.79 Å². The van der Waals surface area contributed by atoms with E-state index in [9.17, 15) is 23.1 Å². The van der Waals surface area contributed by atoms with Crippen molar-refractivity contribution in [2.45, 2.75) is 19.6 Å². The number of fused-ring (bicyclic) bond motifs is 2. The van der Waals surface area contributed by atoms with Crippen LogP contribution in [0.2, 0.25) is 5.02 Å². The number of rotatable bonds is 3. The fourth-order valence-corrected chi connectivity index (χ4v) is 4.68. The first-order chi connectivity index (χ1) is 13.2. The molecule has 8 heteroatoms. The Kier molecular flexibility index (Phi) is 4.39. The predicted octanol–water partition coefficient (Wildman–Crippen LogP) is 6.59. The van der Waals surface area contributed by atoms with Crippen LogP contribution in [0, 0.1) is 6.92 Å². The topological polar surface area (TPSA) is 42.2 Å². The Balaban J connectivity index is 1.99. The minimum absolute atomic E-state index is 0.233. The van der Waals surface area contributed by atoms with Crippen LogP contribution < -0.4 is 0 Å². The number of alkyl halides is 3. The summed E-state index contributed by atoms with van der Waals surface area (Å²) in [6.07, 6.45) is -4.40. The van der Waals surface area contributed by atoms with E-state index in [2.05, 4.69) is 0 Å². The van der Waals surface area contributed by atoms with Crippen molar-refractivity contribution >= 4 is 49.9 Å². The number of hydrogen-bond acceptors (Lipinski definition) is 2. The molecule has 28 heavy (non-hydrogen) atoms. The number of carboxylic acid groups (broad SMARTS) is 1. The number of carboxylic acids is 1. The van der Waals surface area contributed by atoms with Crippen LogP contribution in [0.4, 0.5) is 13.2 Å². The number of aliphatic carboxylic acids is 1. The zero-order chi connectivity index (χ0) is 20.2. The number of thiophene rings is 1. The molecule has 2 heterocycles. The number of nitrogens with zero attached hydrogens (tertiary/aromatic N) is 1.